The molecule has 0 rings (SSSR count). The number of hydrogen-bond acceptors (Lipinski definition) is 16. The van der Waals surface area contributed by atoms with Crippen LogP contribution in [0.2, 0.25) is 0 Å². The standard InChI is InChI=1S/C36H61N7O18S2/c1-24(44)43-63(57)20-4-6-28(45)38-12-14-58-16-19-61-22-32(49)42-27(36(55)56)8-10-30(47)40-26(35(53)54)7-9-29(46)39-13-15-59-17-18-60-21-31(48)41-25(34(51)52)5-2-3-11-37-33(50)23-62/h25-27,62H,2-23H2,1H3,(H,37,50)(H,38,45)(H,39,46)(H,40,47)(H,41,48)(H,42,49)(H,43,44)(H,51,52)(H,53,54)(H,55,56). The summed E-state index contributed by atoms with van der Waals surface area (Å²) >= 11 is 2.29. The third-order valence-corrected chi connectivity index (χ3v) is 9.41. The van der Waals surface area contributed by atoms with Gasteiger partial charge in [-0.2, -0.15) is 17.4 Å². The molecule has 0 aromatic carbocycles. The number of carbonyl (C=O) groups is 10. The Hall–Kier alpha value is -4.80. The van der Waals surface area contributed by atoms with Crippen molar-refractivity contribution in [2.75, 3.05) is 84.0 Å². The fourth-order valence-electron chi connectivity index (χ4n) is 4.87. The van der Waals surface area contributed by atoms with E-state index in [1.54, 1.807) is 0 Å². The van der Waals surface area contributed by atoms with Crippen molar-refractivity contribution in [3.63, 3.8) is 0 Å². The Bertz CT molecular complexity index is 1460. The first-order chi connectivity index (χ1) is 29.9. The SMILES string of the molecule is CC(=O)N[S+]([O-])CCCC(=O)NCCOCCOCC(=O)NC(CCC(=O)NC(CCC(=O)NCCOCCOCC(=O)NC(CCCCNC(=O)CS)C(=O)O)C(=O)O)C(=O)O. The molecule has 360 valence electrons. The minimum Gasteiger partial charge on any atom is -0.593 e. The van der Waals surface area contributed by atoms with Gasteiger partial charge in [-0.1, -0.05) is 0 Å². The second-order valence-corrected chi connectivity index (χ2v) is 14.9. The van der Waals surface area contributed by atoms with Crippen LogP contribution in [0.4, 0.5) is 0 Å². The summed E-state index contributed by atoms with van der Waals surface area (Å²) in [6, 6.07) is -4.09. The van der Waals surface area contributed by atoms with Crippen LogP contribution in [-0.2, 0) is 78.3 Å². The number of nitrogens with one attached hydrogen (secondary N) is 7. The number of hydrogen-bond donors (Lipinski definition) is 11. The van der Waals surface area contributed by atoms with Gasteiger partial charge in [-0.25, -0.2) is 14.4 Å². The van der Waals surface area contributed by atoms with E-state index in [4.69, 9.17) is 18.9 Å². The Morgan fingerprint density at radius 3 is 1.43 bits per heavy atom. The molecule has 7 amide bonds. The molecule has 0 radical (unpaired) electrons. The van der Waals surface area contributed by atoms with Crippen molar-refractivity contribution in [2.24, 2.45) is 0 Å². The van der Waals surface area contributed by atoms with Gasteiger partial charge < -0.3 is 70.7 Å². The first kappa shape index (κ1) is 58.2. The Morgan fingerprint density at radius 2 is 0.952 bits per heavy atom. The molecule has 0 bridgehead atoms. The van der Waals surface area contributed by atoms with Crippen LogP contribution in [0.3, 0.4) is 0 Å². The van der Waals surface area contributed by atoms with Gasteiger partial charge in [-0.05, 0) is 32.1 Å². The molecule has 27 heteroatoms. The van der Waals surface area contributed by atoms with Gasteiger partial charge in [0.15, 0.2) is 0 Å². The van der Waals surface area contributed by atoms with E-state index in [-0.39, 0.29) is 108 Å². The van der Waals surface area contributed by atoms with Crippen molar-refractivity contribution in [1.82, 2.24) is 36.6 Å². The summed E-state index contributed by atoms with van der Waals surface area (Å²) in [6.07, 6.45) is 0.103. The molecule has 0 aliphatic heterocycles. The number of thiol groups is 1. The molecule has 0 aliphatic carbocycles. The normalized spacial score (nSPS) is 12.7. The van der Waals surface area contributed by atoms with E-state index in [2.05, 4.69) is 49.3 Å². The van der Waals surface area contributed by atoms with Crippen LogP contribution in [0.5, 0.6) is 0 Å². The Kier molecular flexibility index (Phi) is 33.9. The number of unbranched alkanes of at least 4 members (excludes halogenated alkanes) is 1. The molecule has 0 aromatic rings. The van der Waals surface area contributed by atoms with E-state index in [9.17, 15) is 67.8 Å². The fraction of sp³-hybridized carbons (Fsp3) is 0.722. The van der Waals surface area contributed by atoms with Crippen LogP contribution in [0.1, 0.15) is 64.7 Å². The highest BCUT2D eigenvalue weighted by atomic mass is 32.2. The number of carboxylic acids is 3. The predicted molar refractivity (Wildman–Crippen MR) is 223 cm³/mol. The summed E-state index contributed by atoms with van der Waals surface area (Å²) in [4.78, 5) is 117. The van der Waals surface area contributed by atoms with Crippen LogP contribution in [0, 0.1) is 0 Å². The average molecular weight is 944 g/mol. The lowest BCUT2D eigenvalue weighted by Gasteiger charge is -2.17. The Morgan fingerprint density at radius 1 is 0.524 bits per heavy atom. The summed E-state index contributed by atoms with van der Waals surface area (Å²) in [7, 11) is 0. The maximum absolute atomic E-state index is 12.4. The van der Waals surface area contributed by atoms with Crippen molar-refractivity contribution in [3.05, 3.63) is 0 Å². The zero-order valence-corrected chi connectivity index (χ0v) is 36.8. The molecule has 25 nitrogen and oxygen atoms in total. The van der Waals surface area contributed by atoms with Crippen molar-refractivity contribution in [1.29, 1.82) is 0 Å². The smallest absolute Gasteiger partial charge is 0.326 e. The zero-order chi connectivity index (χ0) is 47.4. The Labute approximate surface area is 372 Å². The van der Waals surface area contributed by atoms with E-state index in [0.717, 1.165) is 0 Å². The number of aliphatic carboxylic acids is 3. The fourth-order valence-corrected chi connectivity index (χ4v) is 5.81. The second-order valence-electron chi connectivity index (χ2n) is 13.3. The topological polar surface area (TPSA) is 376 Å². The number of carboxylic acid groups (broad SMARTS) is 3. The van der Waals surface area contributed by atoms with Crippen LogP contribution in [0.15, 0.2) is 0 Å². The van der Waals surface area contributed by atoms with E-state index >= 15 is 0 Å². The second kappa shape index (κ2) is 36.7. The van der Waals surface area contributed by atoms with Gasteiger partial charge in [0.25, 0.3) is 5.91 Å². The van der Waals surface area contributed by atoms with E-state index in [0.29, 0.717) is 25.8 Å². The lowest BCUT2D eigenvalue weighted by Crippen LogP contribution is -2.45. The van der Waals surface area contributed by atoms with Gasteiger partial charge in [0.05, 0.1) is 56.8 Å². The third-order valence-electron chi connectivity index (χ3n) is 7.94. The number of amides is 7. The van der Waals surface area contributed by atoms with Gasteiger partial charge in [0.2, 0.25) is 35.4 Å². The minimum absolute atomic E-state index is 0.0138. The van der Waals surface area contributed by atoms with Crippen LogP contribution in [-0.4, -0.2) is 181 Å². The predicted octanol–water partition coefficient (Wildman–Crippen LogP) is -3.65. The van der Waals surface area contributed by atoms with Crippen molar-refractivity contribution in [3.8, 4) is 0 Å². The average Bonchev–Trinajstić information content (AvgIpc) is 3.21. The first-order valence-electron chi connectivity index (χ1n) is 19.9. The summed E-state index contributed by atoms with van der Waals surface area (Å²) < 4.78 is 34.6. The van der Waals surface area contributed by atoms with Crippen LogP contribution in [0.25, 0.3) is 0 Å². The van der Waals surface area contributed by atoms with Crippen molar-refractivity contribution < 1.29 is 86.8 Å². The van der Waals surface area contributed by atoms with E-state index in [1.807, 2.05) is 0 Å². The van der Waals surface area contributed by atoms with Gasteiger partial charge >= 0.3 is 17.9 Å². The largest absolute Gasteiger partial charge is 0.593 e. The van der Waals surface area contributed by atoms with E-state index < -0.39 is 96.6 Å². The molecule has 0 aliphatic rings. The maximum atomic E-state index is 12.4. The zero-order valence-electron chi connectivity index (χ0n) is 35.1. The molecule has 0 heterocycles. The quantitative estimate of drug-likeness (QED) is 0.0161. The van der Waals surface area contributed by atoms with Gasteiger partial charge in [-0.15, -0.1) is 0 Å². The van der Waals surface area contributed by atoms with Crippen LogP contribution >= 0.6 is 12.6 Å². The summed E-state index contributed by atoms with van der Waals surface area (Å²) in [5.41, 5.74) is 0. The summed E-state index contributed by atoms with van der Waals surface area (Å²) in [6.45, 7) is 1.08. The molecular weight excluding hydrogens is 883 g/mol. The highest BCUT2D eigenvalue weighted by Crippen LogP contribution is 2.04. The first-order valence-corrected chi connectivity index (χ1v) is 21.8. The molecule has 10 N–H and O–H groups in total. The van der Waals surface area contributed by atoms with Gasteiger partial charge in [-0.3, -0.25) is 33.6 Å². The van der Waals surface area contributed by atoms with Gasteiger partial charge in [0, 0.05) is 52.2 Å². The lowest BCUT2D eigenvalue weighted by atomic mass is 10.1. The molecule has 0 saturated carbocycles. The number of carbonyl (C=O) groups excluding carboxylic acids is 7. The molecule has 0 spiro atoms. The molecule has 0 aromatic heterocycles. The van der Waals surface area contributed by atoms with Gasteiger partial charge in [0.1, 0.15) is 37.1 Å². The summed E-state index contributed by atoms with van der Waals surface area (Å²) in [5.74, 6) is -7.69. The number of ether oxygens (including phenoxy) is 4. The molecule has 4 unspecified atom stereocenters. The monoisotopic (exact) mass is 943 g/mol. The minimum atomic E-state index is -1.54. The van der Waals surface area contributed by atoms with E-state index in [1.165, 1.54) is 6.92 Å². The lowest BCUT2D eigenvalue weighted by molar-refractivity contribution is -0.144. The van der Waals surface area contributed by atoms with Crippen molar-refractivity contribution >= 4 is 83.2 Å². The third kappa shape index (κ3) is 34.4. The molecule has 4 atom stereocenters. The maximum Gasteiger partial charge on any atom is 0.326 e. The van der Waals surface area contributed by atoms with Crippen molar-refractivity contribution in [2.45, 2.75) is 82.8 Å². The molecule has 0 saturated heterocycles. The highest BCUT2D eigenvalue weighted by molar-refractivity contribution is 7.90. The molecule has 0 fully saturated rings. The molecular formula is C36H61N7O18S2. The Balaban J connectivity index is 4.20. The van der Waals surface area contributed by atoms with Crippen LogP contribution < -0.4 is 36.6 Å². The molecule has 63 heavy (non-hydrogen) atoms. The summed E-state index contributed by atoms with van der Waals surface area (Å²) in [5, 5.41) is 42.8. The highest BCUT2D eigenvalue weighted by Gasteiger charge is 2.25. The number of rotatable bonds is 39.